The quantitative estimate of drug-likeness (QED) is 0.869. The van der Waals surface area contributed by atoms with Crippen LogP contribution >= 0.6 is 0 Å². The van der Waals surface area contributed by atoms with Crippen LogP contribution in [0.15, 0.2) is 24.3 Å². The van der Waals surface area contributed by atoms with Crippen LogP contribution < -0.4 is 10.1 Å². The van der Waals surface area contributed by atoms with Crippen LogP contribution in [0.25, 0.3) is 0 Å². The Labute approximate surface area is 127 Å². The van der Waals surface area contributed by atoms with Crippen molar-refractivity contribution < 1.29 is 4.74 Å². The van der Waals surface area contributed by atoms with Gasteiger partial charge in [0, 0.05) is 12.6 Å². The van der Waals surface area contributed by atoms with E-state index in [9.17, 15) is 0 Å². The van der Waals surface area contributed by atoms with E-state index in [1.165, 1.54) is 11.3 Å². The summed E-state index contributed by atoms with van der Waals surface area (Å²) in [6.07, 6.45) is 0. The standard InChI is InChI=1S/C17H25N3O/c1-6-21-16-9-7-8-15(10-16)11-18-17-13(4)19-20(12(2)3)14(17)5/h7-10,12,18H,6,11H2,1-5H3. The van der Waals surface area contributed by atoms with Crippen LogP contribution in [0.2, 0.25) is 0 Å². The Morgan fingerprint density at radius 1 is 1.29 bits per heavy atom. The average Bonchev–Trinajstić information content (AvgIpc) is 2.73. The summed E-state index contributed by atoms with van der Waals surface area (Å²) < 4.78 is 7.60. The van der Waals surface area contributed by atoms with E-state index in [4.69, 9.17) is 4.74 Å². The zero-order valence-electron chi connectivity index (χ0n) is 13.6. The molecule has 4 nitrogen and oxygen atoms in total. The number of nitrogens with zero attached hydrogens (tertiary/aromatic N) is 2. The maximum atomic E-state index is 5.54. The minimum Gasteiger partial charge on any atom is -0.494 e. The van der Waals surface area contributed by atoms with Crippen molar-refractivity contribution in [1.82, 2.24) is 9.78 Å². The summed E-state index contributed by atoms with van der Waals surface area (Å²) in [5, 5.41) is 8.10. The molecular weight excluding hydrogens is 262 g/mol. The molecule has 0 saturated heterocycles. The van der Waals surface area contributed by atoms with E-state index in [1.54, 1.807) is 0 Å². The summed E-state index contributed by atoms with van der Waals surface area (Å²) in [6.45, 7) is 11.9. The first-order valence-corrected chi connectivity index (χ1v) is 7.54. The van der Waals surface area contributed by atoms with E-state index in [2.05, 4.69) is 48.0 Å². The number of anilines is 1. The van der Waals surface area contributed by atoms with Gasteiger partial charge in [0.1, 0.15) is 5.75 Å². The summed E-state index contributed by atoms with van der Waals surface area (Å²) in [4.78, 5) is 0. The number of ether oxygens (including phenoxy) is 1. The van der Waals surface area contributed by atoms with Gasteiger partial charge in [-0.1, -0.05) is 12.1 Å². The van der Waals surface area contributed by atoms with Gasteiger partial charge in [0.15, 0.2) is 0 Å². The highest BCUT2D eigenvalue weighted by Crippen LogP contribution is 2.23. The van der Waals surface area contributed by atoms with Crippen LogP contribution in [-0.2, 0) is 6.54 Å². The summed E-state index contributed by atoms with van der Waals surface area (Å²) in [5.74, 6) is 0.920. The third-order valence-electron chi connectivity index (χ3n) is 3.49. The maximum absolute atomic E-state index is 5.54. The molecule has 0 spiro atoms. The van der Waals surface area contributed by atoms with Crippen molar-refractivity contribution in [2.24, 2.45) is 0 Å². The Hall–Kier alpha value is -1.97. The average molecular weight is 287 g/mol. The third-order valence-corrected chi connectivity index (χ3v) is 3.49. The number of nitrogens with one attached hydrogen (secondary N) is 1. The third kappa shape index (κ3) is 3.57. The van der Waals surface area contributed by atoms with Crippen LogP contribution in [0.4, 0.5) is 5.69 Å². The van der Waals surface area contributed by atoms with Gasteiger partial charge in [0.25, 0.3) is 0 Å². The number of rotatable bonds is 6. The molecular formula is C17H25N3O. The predicted molar refractivity (Wildman–Crippen MR) is 87.0 cm³/mol. The molecule has 0 aliphatic carbocycles. The second-order valence-corrected chi connectivity index (χ2v) is 5.52. The number of hydrogen-bond acceptors (Lipinski definition) is 3. The second-order valence-electron chi connectivity index (χ2n) is 5.52. The van der Waals surface area contributed by atoms with E-state index in [0.717, 1.165) is 23.7 Å². The van der Waals surface area contributed by atoms with Gasteiger partial charge in [-0.15, -0.1) is 0 Å². The molecule has 2 rings (SSSR count). The fourth-order valence-electron chi connectivity index (χ4n) is 2.52. The molecule has 0 aliphatic rings. The normalized spacial score (nSPS) is 11.0. The molecule has 2 aromatic rings. The molecule has 4 heteroatoms. The predicted octanol–water partition coefficient (Wildman–Crippen LogP) is 4.09. The molecule has 1 N–H and O–H groups in total. The second kappa shape index (κ2) is 6.66. The minimum atomic E-state index is 0.375. The highest BCUT2D eigenvalue weighted by molar-refractivity contribution is 5.52. The van der Waals surface area contributed by atoms with Crippen molar-refractivity contribution >= 4 is 5.69 Å². The molecule has 0 radical (unpaired) electrons. The molecule has 0 unspecified atom stereocenters. The first kappa shape index (κ1) is 15.4. The first-order chi connectivity index (χ1) is 10.0. The fraction of sp³-hybridized carbons (Fsp3) is 0.471. The van der Waals surface area contributed by atoms with Crippen molar-refractivity contribution in [2.75, 3.05) is 11.9 Å². The number of aryl methyl sites for hydroxylation is 1. The number of benzene rings is 1. The van der Waals surface area contributed by atoms with Crippen LogP contribution in [0.1, 0.15) is 43.8 Å². The van der Waals surface area contributed by atoms with Crippen molar-refractivity contribution in [3.05, 3.63) is 41.2 Å². The molecule has 1 aromatic heterocycles. The zero-order valence-corrected chi connectivity index (χ0v) is 13.6. The van der Waals surface area contributed by atoms with E-state index in [1.807, 2.05) is 26.0 Å². The SMILES string of the molecule is CCOc1cccc(CNc2c(C)nn(C(C)C)c2C)c1. The van der Waals surface area contributed by atoms with E-state index < -0.39 is 0 Å². The van der Waals surface area contributed by atoms with Gasteiger partial charge >= 0.3 is 0 Å². The fourth-order valence-corrected chi connectivity index (χ4v) is 2.52. The van der Waals surface area contributed by atoms with Gasteiger partial charge in [0.05, 0.1) is 23.7 Å². The lowest BCUT2D eigenvalue weighted by molar-refractivity contribution is 0.340. The molecule has 0 fully saturated rings. The van der Waals surface area contributed by atoms with Crippen molar-refractivity contribution in [3.63, 3.8) is 0 Å². The smallest absolute Gasteiger partial charge is 0.119 e. The Morgan fingerprint density at radius 3 is 2.67 bits per heavy atom. The largest absolute Gasteiger partial charge is 0.494 e. The molecule has 0 amide bonds. The Kier molecular flexibility index (Phi) is 4.89. The van der Waals surface area contributed by atoms with Gasteiger partial charge in [-0.3, -0.25) is 4.68 Å². The zero-order chi connectivity index (χ0) is 15.4. The van der Waals surface area contributed by atoms with Crippen molar-refractivity contribution in [1.29, 1.82) is 0 Å². The van der Waals surface area contributed by atoms with Gasteiger partial charge in [-0.2, -0.15) is 5.10 Å². The van der Waals surface area contributed by atoms with Gasteiger partial charge < -0.3 is 10.1 Å². The van der Waals surface area contributed by atoms with Crippen LogP contribution in [-0.4, -0.2) is 16.4 Å². The Morgan fingerprint density at radius 2 is 2.05 bits per heavy atom. The lowest BCUT2D eigenvalue weighted by Crippen LogP contribution is -2.06. The van der Waals surface area contributed by atoms with E-state index >= 15 is 0 Å². The molecule has 21 heavy (non-hydrogen) atoms. The molecule has 0 saturated carbocycles. The monoisotopic (exact) mass is 287 g/mol. The summed E-state index contributed by atoms with van der Waals surface area (Å²) in [6, 6.07) is 8.57. The topological polar surface area (TPSA) is 39.1 Å². The highest BCUT2D eigenvalue weighted by atomic mass is 16.5. The first-order valence-electron chi connectivity index (χ1n) is 7.54. The molecule has 1 aromatic carbocycles. The Bertz CT molecular complexity index is 602. The lowest BCUT2D eigenvalue weighted by atomic mass is 10.2. The molecule has 114 valence electrons. The molecule has 0 aliphatic heterocycles. The van der Waals surface area contributed by atoms with Crippen LogP contribution in [0.5, 0.6) is 5.75 Å². The van der Waals surface area contributed by atoms with Gasteiger partial charge in [0.2, 0.25) is 0 Å². The van der Waals surface area contributed by atoms with Crippen LogP contribution in [0, 0.1) is 13.8 Å². The van der Waals surface area contributed by atoms with Crippen molar-refractivity contribution in [2.45, 2.75) is 47.2 Å². The lowest BCUT2D eigenvalue weighted by Gasteiger charge is -2.11. The van der Waals surface area contributed by atoms with Crippen molar-refractivity contribution in [3.8, 4) is 5.75 Å². The maximum Gasteiger partial charge on any atom is 0.119 e. The van der Waals surface area contributed by atoms with Gasteiger partial charge in [-0.25, -0.2) is 0 Å². The van der Waals surface area contributed by atoms with E-state index in [0.29, 0.717) is 12.6 Å². The van der Waals surface area contributed by atoms with Gasteiger partial charge in [-0.05, 0) is 52.3 Å². The van der Waals surface area contributed by atoms with Crippen LogP contribution in [0.3, 0.4) is 0 Å². The molecule has 0 atom stereocenters. The number of hydrogen-bond donors (Lipinski definition) is 1. The van der Waals surface area contributed by atoms with E-state index in [-0.39, 0.29) is 0 Å². The summed E-state index contributed by atoms with van der Waals surface area (Å²) in [5.41, 5.74) is 4.56. The molecule has 1 heterocycles. The Balaban J connectivity index is 2.11. The number of aromatic nitrogens is 2. The summed E-state index contributed by atoms with van der Waals surface area (Å²) >= 11 is 0. The summed E-state index contributed by atoms with van der Waals surface area (Å²) in [7, 11) is 0. The molecule has 0 bridgehead atoms. The minimum absolute atomic E-state index is 0.375. The highest BCUT2D eigenvalue weighted by Gasteiger charge is 2.12.